The summed E-state index contributed by atoms with van der Waals surface area (Å²) in [5, 5.41) is 11.5. The van der Waals surface area contributed by atoms with Gasteiger partial charge in [0.2, 0.25) is 5.91 Å². The van der Waals surface area contributed by atoms with Gasteiger partial charge < -0.3 is 28.8 Å². The van der Waals surface area contributed by atoms with E-state index in [1.165, 1.54) is 6.92 Å². The molecule has 1 saturated heterocycles. The first-order valence-electron chi connectivity index (χ1n) is 12.5. The average Bonchev–Trinajstić information content (AvgIpc) is 3.34. The summed E-state index contributed by atoms with van der Waals surface area (Å²) in [6.45, 7) is 7.17. The Kier molecular flexibility index (Phi) is 8.68. The van der Waals surface area contributed by atoms with Gasteiger partial charge in [-0.1, -0.05) is 23.8 Å². The molecule has 1 aliphatic rings. The number of aryl methyl sites for hydroxylation is 1. The highest BCUT2D eigenvalue weighted by Gasteiger charge is 2.37. The molecule has 1 N–H and O–H groups in total. The van der Waals surface area contributed by atoms with Gasteiger partial charge in [-0.05, 0) is 36.8 Å². The lowest BCUT2D eigenvalue weighted by atomic mass is 10.0. The van der Waals surface area contributed by atoms with Crippen molar-refractivity contribution in [1.29, 1.82) is 0 Å². The lowest BCUT2D eigenvalue weighted by Crippen LogP contribution is -2.51. The minimum atomic E-state index is -1.21. The normalized spacial score (nSPS) is 18.3. The highest BCUT2D eigenvalue weighted by atomic mass is 16.5. The molecule has 1 aliphatic heterocycles. The molecule has 0 aliphatic carbocycles. The number of aromatic nitrogens is 2. The van der Waals surface area contributed by atoms with Gasteiger partial charge in [-0.2, -0.15) is 0 Å². The van der Waals surface area contributed by atoms with Crippen LogP contribution in [0.25, 0.3) is 0 Å². The summed E-state index contributed by atoms with van der Waals surface area (Å²) in [5.74, 6) is 1.96. The number of aliphatic hydroxyl groups is 1. The number of benzene rings is 2. The maximum absolute atomic E-state index is 12.2. The third kappa shape index (κ3) is 7.47. The summed E-state index contributed by atoms with van der Waals surface area (Å²) in [6, 6.07) is 13.6. The lowest BCUT2D eigenvalue weighted by Gasteiger charge is -2.32. The third-order valence-electron chi connectivity index (χ3n) is 6.46. The molecule has 1 amide bonds. The second-order valence-corrected chi connectivity index (χ2v) is 9.61. The van der Waals surface area contributed by atoms with Gasteiger partial charge in [-0.3, -0.25) is 9.69 Å². The summed E-state index contributed by atoms with van der Waals surface area (Å²) in [7, 11) is 1.62. The highest BCUT2D eigenvalue weighted by Crippen LogP contribution is 2.29. The Balaban J connectivity index is 1.42. The van der Waals surface area contributed by atoms with E-state index in [2.05, 4.69) is 9.88 Å². The van der Waals surface area contributed by atoms with E-state index in [0.717, 1.165) is 11.1 Å². The van der Waals surface area contributed by atoms with Gasteiger partial charge >= 0.3 is 0 Å². The molecule has 9 nitrogen and oxygen atoms in total. The maximum atomic E-state index is 12.2. The molecule has 1 fully saturated rings. The number of hydrogen-bond donors (Lipinski definition) is 1. The fourth-order valence-corrected chi connectivity index (χ4v) is 4.46. The first-order valence-corrected chi connectivity index (χ1v) is 12.5. The maximum Gasteiger partial charge on any atom is 0.219 e. The standard InChI is InChI=1S/C28H36N4O5/c1-22-4-7-25(8-5-22)37-20-28(34)18-31(12-13-32(19-28)23(2)33)17-24-6-9-26(27(16-24)35-3)36-15-14-30-11-10-29-21-30/h4-11,16,21,34H,12-15,17-20H2,1-3H3/t28-/m1/s1. The van der Waals surface area contributed by atoms with E-state index in [4.69, 9.17) is 14.2 Å². The second-order valence-electron chi connectivity index (χ2n) is 9.61. The van der Waals surface area contributed by atoms with Crippen LogP contribution in [-0.4, -0.2) is 82.5 Å². The number of hydrogen-bond acceptors (Lipinski definition) is 7. The second kappa shape index (κ2) is 12.1. The van der Waals surface area contributed by atoms with Crippen molar-refractivity contribution in [2.24, 2.45) is 0 Å². The van der Waals surface area contributed by atoms with Crippen LogP contribution in [0.4, 0.5) is 0 Å². The predicted molar refractivity (Wildman–Crippen MR) is 140 cm³/mol. The summed E-state index contributed by atoms with van der Waals surface area (Å²) >= 11 is 0. The van der Waals surface area contributed by atoms with E-state index in [-0.39, 0.29) is 19.1 Å². The molecule has 0 spiro atoms. The van der Waals surface area contributed by atoms with Crippen LogP contribution in [0.15, 0.2) is 61.2 Å². The van der Waals surface area contributed by atoms with Gasteiger partial charge in [0.05, 0.1) is 26.5 Å². The van der Waals surface area contributed by atoms with Gasteiger partial charge in [-0.15, -0.1) is 0 Å². The van der Waals surface area contributed by atoms with E-state index in [0.29, 0.717) is 56.6 Å². The predicted octanol–water partition coefficient (Wildman–Crippen LogP) is 2.75. The number of carbonyl (C=O) groups excluding carboxylic acids is 1. The van der Waals surface area contributed by atoms with Crippen molar-refractivity contribution < 1.29 is 24.1 Å². The average molecular weight is 509 g/mol. The molecule has 9 heteroatoms. The van der Waals surface area contributed by atoms with Crippen molar-refractivity contribution in [2.75, 3.05) is 46.5 Å². The zero-order chi connectivity index (χ0) is 26.3. The Morgan fingerprint density at radius 2 is 1.89 bits per heavy atom. The van der Waals surface area contributed by atoms with Crippen molar-refractivity contribution in [3.63, 3.8) is 0 Å². The van der Waals surface area contributed by atoms with Gasteiger partial charge in [0, 0.05) is 45.5 Å². The first-order chi connectivity index (χ1) is 17.8. The summed E-state index contributed by atoms with van der Waals surface area (Å²) in [6.07, 6.45) is 5.39. The Labute approximate surface area is 218 Å². The number of β-amino-alcohol motifs (C(OH)–C–C–N with tert-alkyl or cyclic N) is 1. The fraction of sp³-hybridized carbons (Fsp3) is 0.429. The van der Waals surface area contributed by atoms with E-state index >= 15 is 0 Å². The molecular weight excluding hydrogens is 472 g/mol. The minimum absolute atomic E-state index is 0.0607. The molecule has 1 atom stereocenters. The fourth-order valence-electron chi connectivity index (χ4n) is 4.46. The van der Waals surface area contributed by atoms with Crippen LogP contribution in [0.5, 0.6) is 17.2 Å². The quantitative estimate of drug-likeness (QED) is 0.451. The smallest absolute Gasteiger partial charge is 0.219 e. The third-order valence-corrected chi connectivity index (χ3v) is 6.46. The number of ether oxygens (including phenoxy) is 3. The first kappa shape index (κ1) is 26.5. The van der Waals surface area contributed by atoms with Crippen molar-refractivity contribution in [3.8, 4) is 17.2 Å². The number of rotatable bonds is 10. The van der Waals surface area contributed by atoms with E-state index in [1.54, 1.807) is 24.5 Å². The van der Waals surface area contributed by atoms with Gasteiger partial charge in [-0.25, -0.2) is 4.98 Å². The summed E-state index contributed by atoms with van der Waals surface area (Å²) in [4.78, 5) is 20.1. The van der Waals surface area contributed by atoms with Crippen LogP contribution >= 0.6 is 0 Å². The van der Waals surface area contributed by atoms with E-state index in [1.807, 2.05) is 60.2 Å². The molecule has 3 aromatic rings. The van der Waals surface area contributed by atoms with E-state index < -0.39 is 5.60 Å². The van der Waals surface area contributed by atoms with Gasteiger partial charge in [0.15, 0.2) is 11.5 Å². The van der Waals surface area contributed by atoms with Crippen molar-refractivity contribution in [3.05, 3.63) is 72.3 Å². The summed E-state index contributed by atoms with van der Waals surface area (Å²) < 4.78 is 19.4. The largest absolute Gasteiger partial charge is 0.493 e. The number of nitrogens with zero attached hydrogens (tertiary/aromatic N) is 4. The SMILES string of the molecule is COc1cc(CN2CCN(C(C)=O)C[C@@](O)(COc3ccc(C)cc3)C2)ccc1OCCn1ccnc1. The van der Waals surface area contributed by atoms with E-state index in [9.17, 15) is 9.90 Å². The van der Waals surface area contributed by atoms with Gasteiger partial charge in [0.1, 0.15) is 24.6 Å². The van der Waals surface area contributed by atoms with Crippen LogP contribution in [0.2, 0.25) is 0 Å². The van der Waals surface area contributed by atoms with Crippen molar-refractivity contribution >= 4 is 5.91 Å². The Bertz CT molecular complexity index is 1150. The molecule has 4 rings (SSSR count). The highest BCUT2D eigenvalue weighted by molar-refractivity contribution is 5.73. The van der Waals surface area contributed by atoms with Crippen molar-refractivity contribution in [1.82, 2.24) is 19.4 Å². The Hall–Kier alpha value is -3.56. The monoisotopic (exact) mass is 508 g/mol. The van der Waals surface area contributed by atoms with Crippen LogP contribution in [0.3, 0.4) is 0 Å². The Morgan fingerprint density at radius 3 is 2.59 bits per heavy atom. The van der Waals surface area contributed by atoms with Crippen LogP contribution in [-0.2, 0) is 17.9 Å². The molecular formula is C28H36N4O5. The topological polar surface area (TPSA) is 89.3 Å². The molecule has 0 saturated carbocycles. The van der Waals surface area contributed by atoms with Crippen LogP contribution in [0.1, 0.15) is 18.1 Å². The molecule has 0 bridgehead atoms. The number of amides is 1. The van der Waals surface area contributed by atoms with Gasteiger partial charge in [0.25, 0.3) is 0 Å². The molecule has 2 heterocycles. The number of methoxy groups -OCH3 is 1. The van der Waals surface area contributed by atoms with Crippen molar-refractivity contribution in [2.45, 2.75) is 32.5 Å². The zero-order valence-electron chi connectivity index (χ0n) is 21.8. The molecule has 1 aromatic heterocycles. The van der Waals surface area contributed by atoms with Crippen LogP contribution in [0, 0.1) is 6.92 Å². The molecule has 2 aromatic carbocycles. The zero-order valence-corrected chi connectivity index (χ0v) is 21.8. The summed E-state index contributed by atoms with van der Waals surface area (Å²) in [5.41, 5.74) is 0.949. The molecule has 0 unspecified atom stereocenters. The molecule has 198 valence electrons. The lowest BCUT2D eigenvalue weighted by molar-refractivity contribution is -0.132. The minimum Gasteiger partial charge on any atom is -0.493 e. The number of imidazole rings is 1. The number of carbonyl (C=O) groups is 1. The molecule has 37 heavy (non-hydrogen) atoms. The molecule has 0 radical (unpaired) electrons. The van der Waals surface area contributed by atoms with Crippen LogP contribution < -0.4 is 14.2 Å². The Morgan fingerprint density at radius 1 is 1.08 bits per heavy atom.